The lowest BCUT2D eigenvalue weighted by atomic mass is 9.92. The fourth-order valence-corrected chi connectivity index (χ4v) is 4.34. The highest BCUT2D eigenvalue weighted by Gasteiger charge is 2.26. The molecule has 0 atom stereocenters. The normalized spacial score (nSPS) is 14.9. The van der Waals surface area contributed by atoms with Crippen molar-refractivity contribution in [1.82, 2.24) is 0 Å². The maximum atomic E-state index is 13.0. The largest absolute Gasteiger partial charge is 0.352 e. The molecule has 0 saturated heterocycles. The molecule has 150 valence electrons. The quantitative estimate of drug-likeness (QED) is 0.561. The first-order valence-corrected chi connectivity index (χ1v) is 11.4. The zero-order valence-corrected chi connectivity index (χ0v) is 18.4. The maximum Gasteiger partial charge on any atom is 0.282 e. The summed E-state index contributed by atoms with van der Waals surface area (Å²) in [6.07, 6.45) is 1.49. The summed E-state index contributed by atoms with van der Waals surface area (Å²) in [5.74, 6) is -0.217. The van der Waals surface area contributed by atoms with Gasteiger partial charge in [-0.1, -0.05) is 57.9 Å². The number of hydrogen-bond acceptors (Lipinski definition) is 4. The Morgan fingerprint density at radius 1 is 0.867 bits per heavy atom. The van der Waals surface area contributed by atoms with Crippen molar-refractivity contribution in [3.63, 3.8) is 0 Å². The Morgan fingerprint density at radius 3 is 2.17 bits per heavy atom. The molecule has 5 nitrogen and oxygen atoms in total. The Morgan fingerprint density at radius 2 is 1.50 bits per heavy atom. The molecule has 0 aromatic heterocycles. The Kier molecular flexibility index (Phi) is 5.40. The molecule has 0 unspecified atom stereocenters. The van der Waals surface area contributed by atoms with Crippen molar-refractivity contribution in [2.75, 3.05) is 5.32 Å². The molecule has 0 radical (unpaired) electrons. The molecule has 30 heavy (non-hydrogen) atoms. The van der Waals surface area contributed by atoms with E-state index in [4.69, 9.17) is 0 Å². The number of anilines is 1. The molecule has 0 bridgehead atoms. The summed E-state index contributed by atoms with van der Waals surface area (Å²) in [5.41, 5.74) is 3.19. The van der Waals surface area contributed by atoms with E-state index in [1.54, 1.807) is 36.4 Å². The van der Waals surface area contributed by atoms with Gasteiger partial charge in [-0.05, 0) is 49.4 Å². The second-order valence-electron chi connectivity index (χ2n) is 6.83. The van der Waals surface area contributed by atoms with Crippen LogP contribution in [0.1, 0.15) is 21.5 Å². The zero-order chi connectivity index (χ0) is 21.3. The van der Waals surface area contributed by atoms with Gasteiger partial charge in [-0.25, -0.2) is 0 Å². The van der Waals surface area contributed by atoms with Crippen LogP contribution in [0.15, 0.2) is 98.3 Å². The standard InChI is InChI=1S/C23H17BrN2O3S/c1-15-6-10-17(11-7-15)25-22-14-21(19-4-2-3-5-20(19)23(22)27)26-30(28,29)18-12-8-16(24)9-13-18/h2-14,25H,1H3. The van der Waals surface area contributed by atoms with Gasteiger partial charge >= 0.3 is 0 Å². The number of halogens is 1. The summed E-state index contributed by atoms with van der Waals surface area (Å²) in [6, 6.07) is 20.7. The monoisotopic (exact) mass is 480 g/mol. The number of Topliss-reactive ketones (excluding diaryl/α,β-unsaturated/α-hetero) is 1. The van der Waals surface area contributed by atoms with Crippen molar-refractivity contribution in [2.45, 2.75) is 11.8 Å². The van der Waals surface area contributed by atoms with E-state index in [0.717, 1.165) is 15.7 Å². The molecule has 0 saturated carbocycles. The lowest BCUT2D eigenvalue weighted by Gasteiger charge is -2.19. The third-order valence-electron chi connectivity index (χ3n) is 4.63. The van der Waals surface area contributed by atoms with Crippen molar-refractivity contribution >= 4 is 43.1 Å². The predicted molar refractivity (Wildman–Crippen MR) is 122 cm³/mol. The SMILES string of the molecule is Cc1ccc(NC2=CC(=NS(=O)(=O)c3ccc(Br)cc3)c3ccccc3C2=O)cc1. The number of rotatable bonds is 4. The molecule has 0 fully saturated rings. The number of nitrogens with one attached hydrogen (secondary N) is 1. The van der Waals surface area contributed by atoms with Crippen LogP contribution in [-0.4, -0.2) is 19.9 Å². The van der Waals surface area contributed by atoms with Crippen molar-refractivity contribution in [3.8, 4) is 0 Å². The topological polar surface area (TPSA) is 75.6 Å². The van der Waals surface area contributed by atoms with Gasteiger partial charge in [-0.15, -0.1) is 0 Å². The molecule has 7 heteroatoms. The number of allylic oxidation sites excluding steroid dienone is 2. The molecule has 3 aromatic carbocycles. The van der Waals surface area contributed by atoms with Gasteiger partial charge < -0.3 is 5.32 Å². The van der Waals surface area contributed by atoms with Crippen LogP contribution in [0.25, 0.3) is 0 Å². The summed E-state index contributed by atoms with van der Waals surface area (Å²) in [6.45, 7) is 1.97. The first kappa shape index (κ1) is 20.3. The third kappa shape index (κ3) is 4.13. The fraction of sp³-hybridized carbons (Fsp3) is 0.0435. The van der Waals surface area contributed by atoms with E-state index < -0.39 is 10.0 Å². The number of hydrogen-bond donors (Lipinski definition) is 1. The van der Waals surface area contributed by atoms with E-state index in [1.165, 1.54) is 18.2 Å². The molecule has 3 aromatic rings. The molecule has 0 spiro atoms. The third-order valence-corrected chi connectivity index (χ3v) is 6.47. The molecule has 0 aliphatic heterocycles. The molecule has 0 amide bonds. The highest BCUT2D eigenvalue weighted by atomic mass is 79.9. The van der Waals surface area contributed by atoms with Crippen LogP contribution in [0.5, 0.6) is 0 Å². The highest BCUT2D eigenvalue weighted by Crippen LogP contribution is 2.25. The van der Waals surface area contributed by atoms with Gasteiger partial charge in [0.05, 0.1) is 16.3 Å². The Labute approximate surface area is 183 Å². The van der Waals surface area contributed by atoms with Gasteiger partial charge in [-0.3, -0.25) is 4.79 Å². The van der Waals surface area contributed by atoms with Crippen LogP contribution in [0.3, 0.4) is 0 Å². The van der Waals surface area contributed by atoms with Gasteiger partial charge in [0.15, 0.2) is 0 Å². The summed E-state index contributed by atoms with van der Waals surface area (Å²) >= 11 is 3.30. The lowest BCUT2D eigenvalue weighted by molar-refractivity contribution is 0.103. The van der Waals surface area contributed by atoms with E-state index >= 15 is 0 Å². The molecule has 1 N–H and O–H groups in total. The minimum atomic E-state index is -3.96. The minimum Gasteiger partial charge on any atom is -0.352 e. The Hall–Kier alpha value is -3.03. The summed E-state index contributed by atoms with van der Waals surface area (Å²) in [7, 11) is -3.96. The molecular weight excluding hydrogens is 464 g/mol. The first-order chi connectivity index (χ1) is 14.3. The number of ketones is 1. The number of nitrogens with zero attached hydrogens (tertiary/aromatic N) is 1. The van der Waals surface area contributed by atoms with Crippen molar-refractivity contribution in [2.24, 2.45) is 4.40 Å². The van der Waals surface area contributed by atoms with E-state index in [-0.39, 0.29) is 22.1 Å². The van der Waals surface area contributed by atoms with Crippen molar-refractivity contribution in [1.29, 1.82) is 0 Å². The summed E-state index contributed by atoms with van der Waals surface area (Å²) < 4.78 is 30.6. The maximum absolute atomic E-state index is 13.0. The number of carbonyl (C=O) groups is 1. The smallest absolute Gasteiger partial charge is 0.282 e. The van der Waals surface area contributed by atoms with Gasteiger partial charge in [0.1, 0.15) is 0 Å². The fourth-order valence-electron chi connectivity index (χ4n) is 3.08. The molecule has 1 aliphatic carbocycles. The zero-order valence-electron chi connectivity index (χ0n) is 16.0. The van der Waals surface area contributed by atoms with E-state index in [2.05, 4.69) is 25.6 Å². The Bertz CT molecular complexity index is 1290. The Balaban J connectivity index is 1.80. The second kappa shape index (κ2) is 8.01. The molecule has 1 aliphatic rings. The average molecular weight is 481 g/mol. The molecule has 4 rings (SSSR count). The van der Waals surface area contributed by atoms with Crippen LogP contribution >= 0.6 is 15.9 Å². The number of benzene rings is 3. The first-order valence-electron chi connectivity index (χ1n) is 9.13. The lowest BCUT2D eigenvalue weighted by Crippen LogP contribution is -2.22. The highest BCUT2D eigenvalue weighted by molar-refractivity contribution is 9.10. The molecular formula is C23H17BrN2O3S. The van der Waals surface area contributed by atoms with Gasteiger partial charge in [-0.2, -0.15) is 12.8 Å². The minimum absolute atomic E-state index is 0.0778. The predicted octanol–water partition coefficient (Wildman–Crippen LogP) is 5.13. The van der Waals surface area contributed by atoms with E-state index in [9.17, 15) is 13.2 Å². The summed E-state index contributed by atoms with van der Waals surface area (Å²) in [4.78, 5) is 13.0. The van der Waals surface area contributed by atoms with Crippen LogP contribution < -0.4 is 5.32 Å². The molecule has 0 heterocycles. The number of fused-ring (bicyclic) bond motifs is 1. The average Bonchev–Trinajstić information content (AvgIpc) is 2.73. The van der Waals surface area contributed by atoms with Crippen LogP contribution in [0, 0.1) is 6.92 Å². The van der Waals surface area contributed by atoms with E-state index in [0.29, 0.717) is 11.1 Å². The van der Waals surface area contributed by atoms with Gasteiger partial charge in [0.25, 0.3) is 10.0 Å². The van der Waals surface area contributed by atoms with Crippen LogP contribution in [-0.2, 0) is 10.0 Å². The number of aryl methyl sites for hydroxylation is 1. The number of carbonyl (C=O) groups excluding carboxylic acids is 1. The van der Waals surface area contributed by atoms with Crippen LogP contribution in [0.4, 0.5) is 5.69 Å². The summed E-state index contributed by atoms with van der Waals surface area (Å²) in [5, 5.41) is 3.09. The van der Waals surface area contributed by atoms with Crippen LogP contribution in [0.2, 0.25) is 0 Å². The second-order valence-corrected chi connectivity index (χ2v) is 9.35. The van der Waals surface area contributed by atoms with E-state index in [1.807, 2.05) is 31.2 Å². The van der Waals surface area contributed by atoms with Crippen molar-refractivity contribution < 1.29 is 13.2 Å². The van der Waals surface area contributed by atoms with Crippen molar-refractivity contribution in [3.05, 3.63) is 106 Å². The number of sulfonamides is 1. The van der Waals surface area contributed by atoms with Gasteiger partial charge in [0.2, 0.25) is 5.78 Å². The van der Waals surface area contributed by atoms with Gasteiger partial charge in [0, 0.05) is 21.3 Å².